The van der Waals surface area contributed by atoms with Crippen molar-refractivity contribution in [1.82, 2.24) is 0 Å². The molecule has 0 N–H and O–H groups in total. The van der Waals surface area contributed by atoms with Crippen LogP contribution in [-0.4, -0.2) is 0 Å². The first-order valence-corrected chi connectivity index (χ1v) is 2.00. The molecule has 0 aromatic heterocycles. The molecule has 0 atom stereocenters. The van der Waals surface area contributed by atoms with Crippen molar-refractivity contribution in [3.05, 3.63) is 22.3 Å². The van der Waals surface area contributed by atoms with Crippen LogP contribution in [0.4, 0.5) is 0 Å². The Morgan fingerprint density at radius 2 is 0.190 bits per heavy atom. The van der Waals surface area contributed by atoms with Gasteiger partial charge in [-0.15, -0.1) is 0 Å². The normalized spacial score (nSPS) is 0.571. The Morgan fingerprint density at radius 3 is 0.190 bits per heavy atom. The van der Waals surface area contributed by atoms with Gasteiger partial charge in [0.25, 0.3) is 0 Å². The van der Waals surface area contributed by atoms with Crippen LogP contribution in [0.25, 0.3) is 0 Å². The van der Waals surface area contributed by atoms with E-state index in [-0.39, 0.29) is 480 Å². The molecule has 0 spiro atoms. The van der Waals surface area contributed by atoms with Gasteiger partial charge in [0.2, 0.25) is 0 Å². The van der Waals surface area contributed by atoms with E-state index in [1.807, 2.05) is 27.7 Å². The van der Waals surface area contributed by atoms with E-state index in [1.165, 1.54) is 0 Å². The van der Waals surface area contributed by atoms with Crippen LogP contribution < -0.4 is 0 Å². The van der Waals surface area contributed by atoms with Crippen LogP contribution in [0.1, 0.15) is 27.7 Å². The summed E-state index contributed by atoms with van der Waals surface area (Å²) in [6, 6.07) is 0. The minimum Gasteiger partial charge on any atom is -0.358 e. The summed E-state index contributed by atoms with van der Waals surface area (Å²) < 4.78 is 0. The fourth-order valence-corrected chi connectivity index (χ4v) is 0. The first kappa shape index (κ1) is 150. The monoisotopic (exact) mass is 1350 g/mol. The third-order valence-corrected chi connectivity index (χ3v) is 0. The standard InChI is InChI=1S/2C2H6.3CH3.14Y/c2*1-2;;;;;;;;;;;;;;;;;/h2*1-2H3;3*1H3;;;;;;;;;;;;;;/q;;3*-1;;;;;;;;;;;;;;. The smallest absolute Gasteiger partial charge is 0 e. The van der Waals surface area contributed by atoms with E-state index in [2.05, 4.69) is 0 Å². The predicted molar refractivity (Wildman–Crippen MR) is 41.9 cm³/mol. The van der Waals surface area contributed by atoms with Crippen molar-refractivity contribution >= 4 is 0 Å². The third kappa shape index (κ3) is 166. The largest absolute Gasteiger partial charge is 0.358 e. The molecule has 0 fully saturated rings. The van der Waals surface area contributed by atoms with Gasteiger partial charge in [0.15, 0.2) is 0 Å². The molecule has 0 saturated heterocycles. The topological polar surface area (TPSA) is 0 Å². The molecular formula is C7H21Y14-3. The molecule has 0 heterocycles. The maximum absolute atomic E-state index is 2.00. The van der Waals surface area contributed by atoms with Crippen LogP contribution in [0.15, 0.2) is 0 Å². The molecule has 0 unspecified atom stereocenters. The van der Waals surface area contributed by atoms with Crippen molar-refractivity contribution in [1.29, 1.82) is 0 Å². The predicted octanol–water partition coefficient (Wildman–Crippen LogP) is 3.37. The molecule has 21 heavy (non-hydrogen) atoms. The molecule has 0 aliphatic heterocycles. The SMILES string of the molecule is CC.CC.[CH3-].[CH3-].[CH3-].[Y].[Y].[Y].[Y].[Y].[Y].[Y].[Y].[Y].[Y].[Y].[Y].[Y].[Y]. The van der Waals surface area contributed by atoms with E-state index in [9.17, 15) is 0 Å². The van der Waals surface area contributed by atoms with Crippen molar-refractivity contribution in [2.24, 2.45) is 0 Å². The minimum absolute atomic E-state index is 0. The number of rotatable bonds is 0. The van der Waals surface area contributed by atoms with Gasteiger partial charge in [-0.25, -0.2) is 0 Å². The van der Waals surface area contributed by atoms with Gasteiger partial charge in [0, 0.05) is 458 Å². The first-order chi connectivity index (χ1) is 2.00. The van der Waals surface area contributed by atoms with Crippen LogP contribution in [-0.2, 0) is 458 Å². The summed E-state index contributed by atoms with van der Waals surface area (Å²) in [7, 11) is 0. The Bertz CT molecular complexity index is 19.3. The van der Waals surface area contributed by atoms with Crippen LogP contribution in [0, 0.1) is 22.3 Å². The molecule has 94 valence electrons. The molecule has 0 aromatic rings. The number of hydrogen-bond donors (Lipinski definition) is 0. The van der Waals surface area contributed by atoms with Gasteiger partial charge < -0.3 is 22.3 Å². The fraction of sp³-hybridized carbons (Fsp3) is 0.571. The van der Waals surface area contributed by atoms with E-state index >= 15 is 0 Å². The van der Waals surface area contributed by atoms with Crippen molar-refractivity contribution in [3.8, 4) is 0 Å². The van der Waals surface area contributed by atoms with Crippen molar-refractivity contribution < 1.29 is 458 Å². The molecule has 0 aliphatic carbocycles. The van der Waals surface area contributed by atoms with Gasteiger partial charge in [-0.1, -0.05) is 27.7 Å². The average molecular weight is 1350 g/mol. The van der Waals surface area contributed by atoms with Crippen molar-refractivity contribution in [3.63, 3.8) is 0 Å². The summed E-state index contributed by atoms with van der Waals surface area (Å²) in [5, 5.41) is 0. The van der Waals surface area contributed by atoms with Gasteiger partial charge in [-0.05, 0) is 0 Å². The van der Waals surface area contributed by atoms with Crippen LogP contribution >= 0.6 is 0 Å². The zero-order valence-electron chi connectivity index (χ0n) is 15.1. The summed E-state index contributed by atoms with van der Waals surface area (Å²) in [4.78, 5) is 0. The van der Waals surface area contributed by atoms with Crippen molar-refractivity contribution in [2.75, 3.05) is 0 Å². The summed E-state index contributed by atoms with van der Waals surface area (Å²) in [6.07, 6.45) is 0. The summed E-state index contributed by atoms with van der Waals surface area (Å²) in [5.74, 6) is 0. The molecule has 0 saturated carbocycles. The molecule has 0 aliphatic rings. The van der Waals surface area contributed by atoms with Gasteiger partial charge in [0.05, 0.1) is 0 Å². The van der Waals surface area contributed by atoms with Crippen molar-refractivity contribution in [2.45, 2.75) is 27.7 Å². The van der Waals surface area contributed by atoms with Crippen LogP contribution in [0.2, 0.25) is 0 Å². The Balaban J connectivity index is -0.000000000124. The zero-order chi connectivity index (χ0) is 4.00. The van der Waals surface area contributed by atoms with Gasteiger partial charge >= 0.3 is 0 Å². The van der Waals surface area contributed by atoms with Gasteiger partial charge in [-0.2, -0.15) is 0 Å². The maximum atomic E-state index is 2.00. The summed E-state index contributed by atoms with van der Waals surface area (Å²) in [6.45, 7) is 8.00. The molecule has 0 rings (SSSR count). The van der Waals surface area contributed by atoms with E-state index in [1.54, 1.807) is 0 Å². The molecular weight excluding hydrogens is 1330 g/mol. The second-order valence-corrected chi connectivity index (χ2v) is 0. The van der Waals surface area contributed by atoms with Crippen LogP contribution in [0.5, 0.6) is 0 Å². The second-order valence-electron chi connectivity index (χ2n) is 0. The fourth-order valence-electron chi connectivity index (χ4n) is 0. The zero-order valence-corrected chi connectivity index (χ0v) is 54.8. The minimum atomic E-state index is 0. The Hall–Kier alpha value is 15.5. The molecule has 14 heteroatoms. The Morgan fingerprint density at radius 1 is 0.190 bits per heavy atom. The average Bonchev–Trinajstić information content (AvgIpc) is 1.50. The summed E-state index contributed by atoms with van der Waals surface area (Å²) in [5.41, 5.74) is 0. The Labute approximate surface area is 490 Å². The van der Waals surface area contributed by atoms with Gasteiger partial charge in [0.1, 0.15) is 0 Å². The van der Waals surface area contributed by atoms with Crippen LogP contribution in [0.3, 0.4) is 0 Å². The second kappa shape index (κ2) is 176. The van der Waals surface area contributed by atoms with E-state index in [0.717, 1.165) is 0 Å². The molecule has 0 aromatic carbocycles. The summed E-state index contributed by atoms with van der Waals surface area (Å²) >= 11 is 0. The van der Waals surface area contributed by atoms with E-state index < -0.39 is 0 Å². The molecule has 0 amide bonds. The van der Waals surface area contributed by atoms with E-state index in [0.29, 0.717) is 0 Å². The molecule has 0 nitrogen and oxygen atoms in total. The quantitative estimate of drug-likeness (QED) is 0.327. The van der Waals surface area contributed by atoms with Gasteiger partial charge in [-0.3, -0.25) is 0 Å². The van der Waals surface area contributed by atoms with E-state index in [4.69, 9.17) is 0 Å². The third-order valence-electron chi connectivity index (χ3n) is 0. The number of hydrogen-bond acceptors (Lipinski definition) is 0. The Kier molecular flexibility index (Phi) is 1260. The molecule has 0 bridgehead atoms. The molecule has 14 radical (unpaired) electrons. The first-order valence-electron chi connectivity index (χ1n) is 2.00. The maximum Gasteiger partial charge on any atom is 0 e.